The number of rotatable bonds is 6. The summed E-state index contributed by atoms with van der Waals surface area (Å²) in [6.07, 6.45) is 1.18. The summed E-state index contributed by atoms with van der Waals surface area (Å²) in [5.41, 5.74) is 2.71. The third-order valence-electron chi connectivity index (χ3n) is 3.09. The zero-order chi connectivity index (χ0) is 12.8. The van der Waals surface area contributed by atoms with Gasteiger partial charge in [0.1, 0.15) is 0 Å². The van der Waals surface area contributed by atoms with Gasteiger partial charge in [-0.15, -0.1) is 0 Å². The molecule has 1 aromatic carbocycles. The van der Waals surface area contributed by atoms with Crippen LogP contribution < -0.4 is 5.32 Å². The van der Waals surface area contributed by atoms with E-state index in [0.717, 1.165) is 6.54 Å². The maximum Gasteiger partial charge on any atom is 0.0294 e. The Balaban J connectivity index is 2.45. The van der Waals surface area contributed by atoms with Crippen LogP contribution in [0, 0.1) is 6.92 Å². The molecular formula is C15H26N2. The molecule has 2 atom stereocenters. The Bertz CT molecular complexity index is 333. The highest BCUT2D eigenvalue weighted by Crippen LogP contribution is 2.14. The maximum atomic E-state index is 3.65. The minimum absolute atomic E-state index is 0.423. The smallest absolute Gasteiger partial charge is 0.0294 e. The van der Waals surface area contributed by atoms with Crippen LogP contribution in [0.2, 0.25) is 0 Å². The van der Waals surface area contributed by atoms with Crippen molar-refractivity contribution in [1.29, 1.82) is 0 Å². The van der Waals surface area contributed by atoms with Gasteiger partial charge in [0.2, 0.25) is 0 Å². The molecule has 0 aliphatic rings. The van der Waals surface area contributed by atoms with Crippen molar-refractivity contribution < 1.29 is 0 Å². The van der Waals surface area contributed by atoms with Crippen LogP contribution in [0.1, 0.15) is 37.4 Å². The maximum absolute atomic E-state index is 3.65. The fourth-order valence-corrected chi connectivity index (χ4v) is 2.00. The topological polar surface area (TPSA) is 15.3 Å². The minimum Gasteiger partial charge on any atom is -0.309 e. The summed E-state index contributed by atoms with van der Waals surface area (Å²) < 4.78 is 0. The Hall–Kier alpha value is -0.860. The van der Waals surface area contributed by atoms with Gasteiger partial charge >= 0.3 is 0 Å². The molecule has 1 N–H and O–H groups in total. The summed E-state index contributed by atoms with van der Waals surface area (Å²) in [4.78, 5) is 2.23. The third-order valence-corrected chi connectivity index (χ3v) is 3.09. The molecule has 0 bridgehead atoms. The van der Waals surface area contributed by atoms with Gasteiger partial charge in [-0.05, 0) is 53.4 Å². The molecule has 2 heteroatoms. The molecule has 1 rings (SSSR count). The van der Waals surface area contributed by atoms with Crippen LogP contribution in [0.15, 0.2) is 24.3 Å². The van der Waals surface area contributed by atoms with Gasteiger partial charge in [-0.3, -0.25) is 0 Å². The van der Waals surface area contributed by atoms with E-state index < -0.39 is 0 Å². The summed E-state index contributed by atoms with van der Waals surface area (Å²) in [6.45, 7) is 7.77. The lowest BCUT2D eigenvalue weighted by atomic mass is 10.0. The lowest BCUT2D eigenvalue weighted by Crippen LogP contribution is -2.31. The fraction of sp³-hybridized carbons (Fsp3) is 0.600. The molecule has 0 amide bonds. The van der Waals surface area contributed by atoms with Crippen molar-refractivity contribution in [2.24, 2.45) is 0 Å². The number of hydrogen-bond donors (Lipinski definition) is 1. The zero-order valence-corrected chi connectivity index (χ0v) is 11.8. The average Bonchev–Trinajstić information content (AvgIpc) is 2.26. The van der Waals surface area contributed by atoms with E-state index in [0.29, 0.717) is 12.1 Å². The first kappa shape index (κ1) is 14.2. The predicted octanol–water partition coefficient (Wildman–Crippen LogP) is 2.99. The van der Waals surface area contributed by atoms with Gasteiger partial charge in [0.05, 0.1) is 0 Å². The number of nitrogens with one attached hydrogen (secondary N) is 1. The van der Waals surface area contributed by atoms with E-state index in [1.807, 2.05) is 0 Å². The van der Waals surface area contributed by atoms with Crippen LogP contribution in [0.5, 0.6) is 0 Å². The molecule has 0 spiro atoms. The molecule has 0 saturated carbocycles. The Morgan fingerprint density at radius 2 is 1.94 bits per heavy atom. The molecule has 2 nitrogen and oxygen atoms in total. The van der Waals surface area contributed by atoms with E-state index in [1.54, 1.807) is 0 Å². The molecule has 0 heterocycles. The average molecular weight is 234 g/mol. The highest BCUT2D eigenvalue weighted by atomic mass is 15.1. The van der Waals surface area contributed by atoms with Crippen molar-refractivity contribution >= 4 is 0 Å². The van der Waals surface area contributed by atoms with Crippen molar-refractivity contribution in [2.45, 2.75) is 39.3 Å². The van der Waals surface area contributed by atoms with Crippen molar-refractivity contribution in [3.63, 3.8) is 0 Å². The summed E-state index contributed by atoms with van der Waals surface area (Å²) in [5.74, 6) is 0. The molecular weight excluding hydrogens is 208 g/mol. The second-order valence-corrected chi connectivity index (χ2v) is 5.30. The zero-order valence-electron chi connectivity index (χ0n) is 11.8. The Labute approximate surface area is 106 Å². The fourth-order valence-electron chi connectivity index (χ4n) is 2.00. The summed E-state index contributed by atoms with van der Waals surface area (Å²) in [5, 5.41) is 3.65. The van der Waals surface area contributed by atoms with E-state index in [1.165, 1.54) is 17.5 Å². The van der Waals surface area contributed by atoms with E-state index >= 15 is 0 Å². The van der Waals surface area contributed by atoms with Crippen LogP contribution in [-0.4, -0.2) is 31.6 Å². The van der Waals surface area contributed by atoms with Gasteiger partial charge in [0.25, 0.3) is 0 Å². The molecule has 0 saturated heterocycles. The highest BCUT2D eigenvalue weighted by molar-refractivity contribution is 5.24. The van der Waals surface area contributed by atoms with E-state index in [2.05, 4.69) is 69.3 Å². The van der Waals surface area contributed by atoms with Crippen molar-refractivity contribution in [2.75, 3.05) is 20.6 Å². The van der Waals surface area contributed by atoms with Gasteiger partial charge in [0, 0.05) is 12.1 Å². The van der Waals surface area contributed by atoms with Crippen LogP contribution in [0.3, 0.4) is 0 Å². The van der Waals surface area contributed by atoms with Crippen molar-refractivity contribution in [3.05, 3.63) is 35.4 Å². The van der Waals surface area contributed by atoms with Gasteiger partial charge in [-0.2, -0.15) is 0 Å². The Kier molecular flexibility index (Phi) is 5.66. The van der Waals surface area contributed by atoms with E-state index in [4.69, 9.17) is 0 Å². The summed E-state index contributed by atoms with van der Waals surface area (Å²) >= 11 is 0. The third kappa shape index (κ3) is 5.33. The SMILES string of the molecule is Cc1cccc(C(C)NC(C)CCN(C)C)c1. The van der Waals surface area contributed by atoms with Gasteiger partial charge in [0.15, 0.2) is 0 Å². The molecule has 0 fully saturated rings. The molecule has 96 valence electrons. The summed E-state index contributed by atoms with van der Waals surface area (Å²) in [6, 6.07) is 9.71. The van der Waals surface area contributed by atoms with Crippen LogP contribution in [0.4, 0.5) is 0 Å². The number of hydrogen-bond acceptors (Lipinski definition) is 2. The largest absolute Gasteiger partial charge is 0.309 e. The number of benzene rings is 1. The summed E-state index contributed by atoms with van der Waals surface area (Å²) in [7, 11) is 4.24. The Morgan fingerprint density at radius 1 is 1.24 bits per heavy atom. The first-order valence-electron chi connectivity index (χ1n) is 6.46. The van der Waals surface area contributed by atoms with Crippen molar-refractivity contribution in [1.82, 2.24) is 10.2 Å². The first-order valence-corrected chi connectivity index (χ1v) is 6.46. The molecule has 0 aromatic heterocycles. The standard InChI is InChI=1S/C15H26N2/c1-12-7-6-8-15(11-12)14(3)16-13(2)9-10-17(4)5/h6-8,11,13-14,16H,9-10H2,1-5H3. The van der Waals surface area contributed by atoms with E-state index in [9.17, 15) is 0 Å². The monoisotopic (exact) mass is 234 g/mol. The molecule has 0 aliphatic heterocycles. The highest BCUT2D eigenvalue weighted by Gasteiger charge is 2.09. The first-order chi connectivity index (χ1) is 7.99. The second-order valence-electron chi connectivity index (χ2n) is 5.30. The molecule has 0 radical (unpaired) electrons. The van der Waals surface area contributed by atoms with Crippen LogP contribution in [-0.2, 0) is 0 Å². The van der Waals surface area contributed by atoms with Crippen LogP contribution >= 0.6 is 0 Å². The second kappa shape index (κ2) is 6.77. The normalized spacial score (nSPS) is 14.9. The molecule has 2 unspecified atom stereocenters. The molecule has 17 heavy (non-hydrogen) atoms. The van der Waals surface area contributed by atoms with Crippen LogP contribution in [0.25, 0.3) is 0 Å². The van der Waals surface area contributed by atoms with Gasteiger partial charge in [-0.1, -0.05) is 29.8 Å². The quantitative estimate of drug-likeness (QED) is 0.814. The number of aryl methyl sites for hydroxylation is 1. The molecule has 0 aliphatic carbocycles. The van der Waals surface area contributed by atoms with Gasteiger partial charge in [-0.25, -0.2) is 0 Å². The van der Waals surface area contributed by atoms with Gasteiger partial charge < -0.3 is 10.2 Å². The Morgan fingerprint density at radius 3 is 2.53 bits per heavy atom. The minimum atomic E-state index is 0.423. The lowest BCUT2D eigenvalue weighted by molar-refractivity contribution is 0.354. The van der Waals surface area contributed by atoms with Crippen molar-refractivity contribution in [3.8, 4) is 0 Å². The molecule has 1 aromatic rings. The predicted molar refractivity (Wildman–Crippen MR) is 75.4 cm³/mol. The lowest BCUT2D eigenvalue weighted by Gasteiger charge is -2.22. The number of nitrogens with zero attached hydrogens (tertiary/aromatic N) is 1. The van der Waals surface area contributed by atoms with E-state index in [-0.39, 0.29) is 0 Å².